The highest BCUT2D eigenvalue weighted by Gasteiger charge is 2.36. The van der Waals surface area contributed by atoms with Crippen LogP contribution in [0.4, 0.5) is 0 Å². The summed E-state index contributed by atoms with van der Waals surface area (Å²) in [6.45, 7) is 4.51. The summed E-state index contributed by atoms with van der Waals surface area (Å²) in [7, 11) is -1.87. The lowest BCUT2D eigenvalue weighted by Gasteiger charge is -2.14. The fourth-order valence-corrected chi connectivity index (χ4v) is 5.33. The molecule has 2 heterocycles. The molecule has 0 saturated carbocycles. The van der Waals surface area contributed by atoms with E-state index in [-0.39, 0.29) is 18.4 Å². The van der Waals surface area contributed by atoms with Crippen molar-refractivity contribution >= 4 is 27.3 Å². The zero-order valence-electron chi connectivity index (χ0n) is 11.3. The van der Waals surface area contributed by atoms with E-state index in [0.717, 1.165) is 10.4 Å². The molecule has 19 heavy (non-hydrogen) atoms. The monoisotopic (exact) mass is 302 g/mol. The second-order valence-electron chi connectivity index (χ2n) is 4.77. The zero-order chi connectivity index (χ0) is 14.2. The molecule has 7 heteroatoms. The van der Waals surface area contributed by atoms with Gasteiger partial charge < -0.3 is 5.32 Å². The van der Waals surface area contributed by atoms with Crippen LogP contribution in [0.3, 0.4) is 0 Å². The molecule has 1 fully saturated rings. The normalized spacial score (nSPS) is 20.7. The highest BCUT2D eigenvalue weighted by Crippen LogP contribution is 2.30. The van der Waals surface area contributed by atoms with Crippen molar-refractivity contribution in [3.05, 3.63) is 16.5 Å². The van der Waals surface area contributed by atoms with Crippen LogP contribution in [0.15, 0.2) is 10.3 Å². The largest absolute Gasteiger partial charge is 0.359 e. The van der Waals surface area contributed by atoms with Gasteiger partial charge in [-0.25, -0.2) is 8.42 Å². The molecule has 2 rings (SSSR count). The Morgan fingerprint density at radius 1 is 1.47 bits per heavy atom. The van der Waals surface area contributed by atoms with Crippen LogP contribution in [-0.2, 0) is 14.8 Å². The lowest BCUT2D eigenvalue weighted by molar-refractivity contribution is -0.123. The first-order valence-electron chi connectivity index (χ1n) is 6.15. The van der Waals surface area contributed by atoms with Gasteiger partial charge in [0.25, 0.3) is 10.0 Å². The first-order chi connectivity index (χ1) is 8.86. The maximum absolute atomic E-state index is 12.5. The first-order valence-corrected chi connectivity index (χ1v) is 8.40. The van der Waals surface area contributed by atoms with Crippen molar-refractivity contribution in [3.8, 4) is 0 Å². The van der Waals surface area contributed by atoms with Gasteiger partial charge in [0.05, 0.1) is 5.92 Å². The van der Waals surface area contributed by atoms with Crippen molar-refractivity contribution in [2.24, 2.45) is 5.92 Å². The summed E-state index contributed by atoms with van der Waals surface area (Å²) >= 11 is 1.29. The molecule has 1 aliphatic heterocycles. The Balaban J connectivity index is 2.20. The van der Waals surface area contributed by atoms with Gasteiger partial charge in [-0.05, 0) is 31.9 Å². The van der Waals surface area contributed by atoms with Crippen molar-refractivity contribution in [2.45, 2.75) is 24.5 Å². The molecule has 1 unspecified atom stereocenters. The van der Waals surface area contributed by atoms with Crippen molar-refractivity contribution < 1.29 is 13.2 Å². The van der Waals surface area contributed by atoms with Crippen LogP contribution in [0, 0.1) is 19.8 Å². The number of hydrogen-bond acceptors (Lipinski definition) is 4. The predicted molar refractivity (Wildman–Crippen MR) is 74.7 cm³/mol. The van der Waals surface area contributed by atoms with Crippen LogP contribution in [0.1, 0.15) is 16.9 Å². The van der Waals surface area contributed by atoms with E-state index in [0.29, 0.717) is 17.2 Å². The SMILES string of the molecule is CNC(=O)C1CCN(S(=O)(=O)c2cc(C)c(C)s2)C1. The van der Waals surface area contributed by atoms with E-state index in [1.54, 1.807) is 13.1 Å². The number of sulfonamides is 1. The second kappa shape index (κ2) is 5.22. The van der Waals surface area contributed by atoms with Crippen molar-refractivity contribution in [2.75, 3.05) is 20.1 Å². The number of hydrogen-bond donors (Lipinski definition) is 1. The Bertz CT molecular complexity index is 573. The van der Waals surface area contributed by atoms with Crippen LogP contribution < -0.4 is 5.32 Å². The van der Waals surface area contributed by atoms with E-state index in [9.17, 15) is 13.2 Å². The molecule has 0 aromatic carbocycles. The molecule has 1 aliphatic rings. The highest BCUT2D eigenvalue weighted by molar-refractivity contribution is 7.91. The van der Waals surface area contributed by atoms with E-state index >= 15 is 0 Å². The molecule has 0 radical (unpaired) electrons. The van der Waals surface area contributed by atoms with E-state index in [2.05, 4.69) is 5.32 Å². The Labute approximate surface area is 117 Å². The van der Waals surface area contributed by atoms with Crippen molar-refractivity contribution in [1.82, 2.24) is 9.62 Å². The van der Waals surface area contributed by atoms with Crippen molar-refractivity contribution in [1.29, 1.82) is 0 Å². The van der Waals surface area contributed by atoms with Gasteiger partial charge in [-0.15, -0.1) is 11.3 Å². The fourth-order valence-electron chi connectivity index (χ4n) is 2.16. The van der Waals surface area contributed by atoms with Gasteiger partial charge in [-0.3, -0.25) is 4.79 Å². The molecule has 0 bridgehead atoms. The van der Waals surface area contributed by atoms with E-state index < -0.39 is 10.0 Å². The smallest absolute Gasteiger partial charge is 0.252 e. The number of nitrogens with zero attached hydrogens (tertiary/aromatic N) is 1. The molecule has 0 spiro atoms. The number of rotatable bonds is 3. The highest BCUT2D eigenvalue weighted by atomic mass is 32.2. The quantitative estimate of drug-likeness (QED) is 0.910. The van der Waals surface area contributed by atoms with Gasteiger partial charge in [0, 0.05) is 25.0 Å². The summed E-state index contributed by atoms with van der Waals surface area (Å²) in [5.74, 6) is -0.321. The van der Waals surface area contributed by atoms with Crippen LogP contribution in [0.5, 0.6) is 0 Å². The minimum Gasteiger partial charge on any atom is -0.359 e. The molecule has 106 valence electrons. The molecule has 1 saturated heterocycles. The van der Waals surface area contributed by atoms with E-state index in [1.165, 1.54) is 15.6 Å². The number of thiophene rings is 1. The van der Waals surface area contributed by atoms with Crippen LogP contribution >= 0.6 is 11.3 Å². The second-order valence-corrected chi connectivity index (χ2v) is 8.19. The Morgan fingerprint density at radius 2 is 2.16 bits per heavy atom. The topological polar surface area (TPSA) is 66.5 Å². The van der Waals surface area contributed by atoms with Gasteiger partial charge in [0.1, 0.15) is 4.21 Å². The van der Waals surface area contributed by atoms with Gasteiger partial charge in [0.2, 0.25) is 5.91 Å². The lowest BCUT2D eigenvalue weighted by Crippen LogP contribution is -2.32. The standard InChI is InChI=1S/C12H18N2O3S2/c1-8-6-11(18-9(8)2)19(16,17)14-5-4-10(7-14)12(15)13-3/h6,10H,4-5,7H2,1-3H3,(H,13,15). The van der Waals surface area contributed by atoms with Crippen LogP contribution in [-0.4, -0.2) is 38.8 Å². The third kappa shape index (κ3) is 2.68. The minimum absolute atomic E-state index is 0.0868. The Hall–Kier alpha value is -0.920. The molecular weight excluding hydrogens is 284 g/mol. The third-order valence-corrected chi connectivity index (χ3v) is 6.97. The molecule has 1 N–H and O–H groups in total. The predicted octanol–water partition coefficient (Wildman–Crippen LogP) is 1.12. The Morgan fingerprint density at radius 3 is 2.68 bits per heavy atom. The van der Waals surface area contributed by atoms with Gasteiger partial charge >= 0.3 is 0 Å². The molecule has 1 aromatic rings. The summed E-state index contributed by atoms with van der Waals surface area (Å²) in [5.41, 5.74) is 0.991. The molecule has 5 nitrogen and oxygen atoms in total. The average molecular weight is 302 g/mol. The van der Waals surface area contributed by atoms with E-state index in [1.807, 2.05) is 13.8 Å². The van der Waals surface area contributed by atoms with Gasteiger partial charge in [0.15, 0.2) is 0 Å². The molecule has 1 atom stereocenters. The number of nitrogens with one attached hydrogen (secondary N) is 1. The summed E-state index contributed by atoms with van der Waals surface area (Å²) in [5, 5.41) is 2.57. The summed E-state index contributed by atoms with van der Waals surface area (Å²) in [4.78, 5) is 12.6. The maximum atomic E-state index is 12.5. The Kier molecular flexibility index (Phi) is 3.98. The van der Waals surface area contributed by atoms with Gasteiger partial charge in [-0.2, -0.15) is 4.31 Å². The van der Waals surface area contributed by atoms with Crippen molar-refractivity contribution in [3.63, 3.8) is 0 Å². The molecule has 0 aliphatic carbocycles. The third-order valence-electron chi connectivity index (χ3n) is 3.51. The summed E-state index contributed by atoms with van der Waals surface area (Å²) < 4.78 is 26.7. The number of carbonyl (C=O) groups is 1. The van der Waals surface area contributed by atoms with E-state index in [4.69, 9.17) is 0 Å². The zero-order valence-corrected chi connectivity index (χ0v) is 12.9. The lowest BCUT2D eigenvalue weighted by atomic mass is 10.1. The number of amides is 1. The van der Waals surface area contributed by atoms with Crippen LogP contribution in [0.2, 0.25) is 0 Å². The summed E-state index contributed by atoms with van der Waals surface area (Å²) in [6.07, 6.45) is 0.586. The van der Waals surface area contributed by atoms with Crippen LogP contribution in [0.25, 0.3) is 0 Å². The summed E-state index contributed by atoms with van der Waals surface area (Å²) in [6, 6.07) is 1.71. The molecule has 1 amide bonds. The minimum atomic E-state index is -3.44. The maximum Gasteiger partial charge on any atom is 0.252 e. The number of aryl methyl sites for hydroxylation is 2. The van der Waals surface area contributed by atoms with Gasteiger partial charge in [-0.1, -0.05) is 0 Å². The first kappa shape index (κ1) is 14.5. The average Bonchev–Trinajstić information content (AvgIpc) is 2.97. The molecule has 1 aromatic heterocycles. The molecular formula is C12H18N2O3S2. The fraction of sp³-hybridized carbons (Fsp3) is 0.583. The number of carbonyl (C=O) groups excluding carboxylic acids is 1.